The van der Waals surface area contributed by atoms with Gasteiger partial charge in [-0.05, 0) is 48.9 Å². The summed E-state index contributed by atoms with van der Waals surface area (Å²) in [5.41, 5.74) is 1.67. The van der Waals surface area contributed by atoms with Gasteiger partial charge in [-0.2, -0.15) is 0 Å². The number of ketones is 1. The van der Waals surface area contributed by atoms with Crippen molar-refractivity contribution < 1.29 is 24.2 Å². The van der Waals surface area contributed by atoms with Gasteiger partial charge in [-0.3, -0.25) is 14.5 Å². The fourth-order valence-corrected chi connectivity index (χ4v) is 3.84. The number of benzene rings is 3. The quantitative estimate of drug-likeness (QED) is 0.349. The van der Waals surface area contributed by atoms with Gasteiger partial charge in [-0.25, -0.2) is 0 Å². The van der Waals surface area contributed by atoms with Gasteiger partial charge in [0, 0.05) is 11.3 Å². The van der Waals surface area contributed by atoms with Crippen LogP contribution in [0.4, 0.5) is 5.69 Å². The van der Waals surface area contributed by atoms with Gasteiger partial charge in [-0.1, -0.05) is 42.5 Å². The van der Waals surface area contributed by atoms with Gasteiger partial charge >= 0.3 is 0 Å². The maximum Gasteiger partial charge on any atom is 0.300 e. The van der Waals surface area contributed by atoms with Crippen molar-refractivity contribution in [1.29, 1.82) is 0 Å². The minimum Gasteiger partial charge on any atom is -0.507 e. The van der Waals surface area contributed by atoms with E-state index >= 15 is 0 Å². The molecule has 1 atom stereocenters. The fourth-order valence-electron chi connectivity index (χ4n) is 3.84. The minimum absolute atomic E-state index is 0.0243. The summed E-state index contributed by atoms with van der Waals surface area (Å²) in [6, 6.07) is 22.1. The van der Waals surface area contributed by atoms with Crippen LogP contribution in [0.25, 0.3) is 5.76 Å². The molecule has 1 heterocycles. The molecule has 1 aliphatic heterocycles. The second-order valence-corrected chi connectivity index (χ2v) is 7.24. The summed E-state index contributed by atoms with van der Waals surface area (Å²) < 4.78 is 10.8. The zero-order valence-electron chi connectivity index (χ0n) is 17.8. The van der Waals surface area contributed by atoms with Gasteiger partial charge in [0.25, 0.3) is 11.7 Å². The number of carbonyl (C=O) groups is 2. The standard InChI is InChI=1S/C26H23NO5/c1-3-32-20-14-12-17(13-15-20)23-22(24(28)18-8-7-11-21(16-18)31-2)25(29)26(30)27(23)19-9-5-4-6-10-19/h4-16,23,28H,3H2,1-2H3/b24-22-. The predicted octanol–water partition coefficient (Wildman–Crippen LogP) is 4.72. The molecule has 0 spiro atoms. The number of anilines is 1. The van der Waals surface area contributed by atoms with Crippen LogP contribution in [0, 0.1) is 0 Å². The Morgan fingerprint density at radius 1 is 0.938 bits per heavy atom. The molecule has 1 unspecified atom stereocenters. The fraction of sp³-hybridized carbons (Fsp3) is 0.154. The first-order valence-corrected chi connectivity index (χ1v) is 10.3. The lowest BCUT2D eigenvalue weighted by Crippen LogP contribution is -2.29. The Morgan fingerprint density at radius 2 is 1.66 bits per heavy atom. The Labute approximate surface area is 186 Å². The number of hydrogen-bond donors (Lipinski definition) is 1. The molecule has 0 bridgehead atoms. The Morgan fingerprint density at radius 3 is 2.31 bits per heavy atom. The number of methoxy groups -OCH3 is 1. The van der Waals surface area contributed by atoms with Gasteiger partial charge in [0.15, 0.2) is 0 Å². The third-order valence-electron chi connectivity index (χ3n) is 5.33. The maximum atomic E-state index is 13.1. The summed E-state index contributed by atoms with van der Waals surface area (Å²) in [5, 5.41) is 11.2. The monoisotopic (exact) mass is 429 g/mol. The third-order valence-corrected chi connectivity index (χ3v) is 5.33. The first-order valence-electron chi connectivity index (χ1n) is 10.3. The zero-order valence-corrected chi connectivity index (χ0v) is 17.8. The van der Waals surface area contributed by atoms with Crippen molar-refractivity contribution in [2.45, 2.75) is 13.0 Å². The van der Waals surface area contributed by atoms with E-state index in [9.17, 15) is 14.7 Å². The average molecular weight is 429 g/mol. The van der Waals surface area contributed by atoms with E-state index in [0.29, 0.717) is 34.9 Å². The molecule has 6 nitrogen and oxygen atoms in total. The van der Waals surface area contributed by atoms with Crippen LogP contribution in [0.1, 0.15) is 24.1 Å². The second kappa shape index (κ2) is 8.98. The molecule has 3 aromatic rings. The molecule has 3 aromatic carbocycles. The van der Waals surface area contributed by atoms with Gasteiger partial charge in [0.05, 0.1) is 25.3 Å². The molecular weight excluding hydrogens is 406 g/mol. The number of ether oxygens (including phenoxy) is 2. The van der Waals surface area contributed by atoms with Crippen molar-refractivity contribution in [2.75, 3.05) is 18.6 Å². The number of aliphatic hydroxyl groups is 1. The molecule has 1 aliphatic rings. The summed E-state index contributed by atoms with van der Waals surface area (Å²) in [5.74, 6) is -0.475. The van der Waals surface area contributed by atoms with E-state index in [2.05, 4.69) is 0 Å². The maximum absolute atomic E-state index is 13.1. The van der Waals surface area contributed by atoms with Crippen LogP contribution in [0.3, 0.4) is 0 Å². The molecule has 0 aromatic heterocycles. The molecule has 0 aliphatic carbocycles. The van der Waals surface area contributed by atoms with E-state index in [1.54, 1.807) is 72.8 Å². The molecule has 162 valence electrons. The van der Waals surface area contributed by atoms with E-state index in [0.717, 1.165) is 0 Å². The summed E-state index contributed by atoms with van der Waals surface area (Å²) in [6.45, 7) is 2.42. The van der Waals surface area contributed by atoms with Crippen LogP contribution >= 0.6 is 0 Å². The highest BCUT2D eigenvalue weighted by Crippen LogP contribution is 2.42. The van der Waals surface area contributed by atoms with Crippen molar-refractivity contribution in [3.63, 3.8) is 0 Å². The summed E-state index contributed by atoms with van der Waals surface area (Å²) in [4.78, 5) is 27.7. The van der Waals surface area contributed by atoms with Crippen molar-refractivity contribution >= 4 is 23.1 Å². The lowest BCUT2D eigenvalue weighted by atomic mass is 9.95. The smallest absolute Gasteiger partial charge is 0.300 e. The summed E-state index contributed by atoms with van der Waals surface area (Å²) in [7, 11) is 1.52. The second-order valence-electron chi connectivity index (χ2n) is 7.24. The number of Topliss-reactive ketones (excluding diaryl/α,β-unsaturated/α-hetero) is 1. The van der Waals surface area contributed by atoms with Crippen LogP contribution < -0.4 is 14.4 Å². The predicted molar refractivity (Wildman–Crippen MR) is 122 cm³/mol. The van der Waals surface area contributed by atoms with Crippen LogP contribution in [-0.2, 0) is 9.59 Å². The highest BCUT2D eigenvalue weighted by Gasteiger charge is 2.46. The number of aliphatic hydroxyl groups excluding tert-OH is 1. The van der Waals surface area contributed by atoms with Gasteiger partial charge in [-0.15, -0.1) is 0 Å². The highest BCUT2D eigenvalue weighted by molar-refractivity contribution is 6.51. The van der Waals surface area contributed by atoms with Crippen LogP contribution in [0.15, 0.2) is 84.4 Å². The van der Waals surface area contributed by atoms with Crippen molar-refractivity contribution in [1.82, 2.24) is 0 Å². The Kier molecular flexibility index (Phi) is 5.94. The SMILES string of the molecule is CCOc1ccc(C2/C(=C(/O)c3cccc(OC)c3)C(=O)C(=O)N2c2ccccc2)cc1. The third kappa shape index (κ3) is 3.83. The number of amides is 1. The van der Waals surface area contributed by atoms with E-state index in [1.807, 2.05) is 13.0 Å². The average Bonchev–Trinajstić information content (AvgIpc) is 3.10. The Balaban J connectivity index is 1.90. The van der Waals surface area contributed by atoms with E-state index in [-0.39, 0.29) is 11.3 Å². The van der Waals surface area contributed by atoms with E-state index < -0.39 is 17.7 Å². The van der Waals surface area contributed by atoms with Gasteiger partial charge in [0.2, 0.25) is 0 Å². The van der Waals surface area contributed by atoms with E-state index in [1.165, 1.54) is 12.0 Å². The lowest BCUT2D eigenvalue weighted by molar-refractivity contribution is -0.132. The molecule has 0 saturated carbocycles. The lowest BCUT2D eigenvalue weighted by Gasteiger charge is -2.25. The molecule has 1 N–H and O–H groups in total. The van der Waals surface area contributed by atoms with Crippen LogP contribution in [-0.4, -0.2) is 30.5 Å². The molecule has 4 rings (SSSR count). The van der Waals surface area contributed by atoms with Crippen molar-refractivity contribution in [2.24, 2.45) is 0 Å². The first kappa shape index (κ1) is 21.2. The first-order chi connectivity index (χ1) is 15.5. The molecule has 1 amide bonds. The van der Waals surface area contributed by atoms with Crippen molar-refractivity contribution in [3.05, 3.63) is 95.6 Å². The number of nitrogens with zero attached hydrogens (tertiary/aromatic N) is 1. The molecular formula is C26H23NO5. The molecule has 32 heavy (non-hydrogen) atoms. The molecule has 1 saturated heterocycles. The number of hydrogen-bond acceptors (Lipinski definition) is 5. The van der Waals surface area contributed by atoms with Crippen molar-refractivity contribution in [3.8, 4) is 11.5 Å². The topological polar surface area (TPSA) is 76.1 Å². The van der Waals surface area contributed by atoms with E-state index in [4.69, 9.17) is 9.47 Å². The molecule has 0 radical (unpaired) electrons. The number of carbonyl (C=O) groups excluding carboxylic acids is 2. The minimum atomic E-state index is -0.792. The molecule has 6 heteroatoms. The summed E-state index contributed by atoms with van der Waals surface area (Å²) >= 11 is 0. The largest absolute Gasteiger partial charge is 0.507 e. The Bertz CT molecular complexity index is 1170. The van der Waals surface area contributed by atoms with Crippen LogP contribution in [0.5, 0.6) is 11.5 Å². The zero-order chi connectivity index (χ0) is 22.7. The normalized spacial score (nSPS) is 17.4. The molecule has 1 fully saturated rings. The van der Waals surface area contributed by atoms with Crippen LogP contribution in [0.2, 0.25) is 0 Å². The number of rotatable bonds is 6. The van der Waals surface area contributed by atoms with Gasteiger partial charge < -0.3 is 14.6 Å². The summed E-state index contributed by atoms with van der Waals surface area (Å²) in [6.07, 6.45) is 0. The highest BCUT2D eigenvalue weighted by atomic mass is 16.5. The van der Waals surface area contributed by atoms with Gasteiger partial charge in [0.1, 0.15) is 17.3 Å². The number of para-hydroxylation sites is 1. The Hall–Kier alpha value is -4.06.